The number of anilines is 3. The van der Waals surface area contributed by atoms with Crippen LogP contribution in [-0.2, 0) is 0 Å². The molecule has 20 heavy (non-hydrogen) atoms. The third-order valence-corrected chi connectivity index (χ3v) is 3.20. The van der Waals surface area contributed by atoms with Crippen LogP contribution in [0.5, 0.6) is 0 Å². The summed E-state index contributed by atoms with van der Waals surface area (Å²) in [6, 6.07) is 6.02. The van der Waals surface area contributed by atoms with Crippen molar-refractivity contribution < 1.29 is 8.78 Å². The van der Waals surface area contributed by atoms with Crippen LogP contribution in [0.15, 0.2) is 24.3 Å². The largest absolute Gasteiger partial charge is 0.368 e. The van der Waals surface area contributed by atoms with E-state index < -0.39 is 11.6 Å². The quantitative estimate of drug-likeness (QED) is 0.872. The van der Waals surface area contributed by atoms with E-state index in [0.29, 0.717) is 17.3 Å². The van der Waals surface area contributed by atoms with E-state index >= 15 is 0 Å². The monoisotopic (exact) mass is 297 g/mol. The number of benzene rings is 1. The zero-order chi connectivity index (χ0) is 14.7. The highest BCUT2D eigenvalue weighted by molar-refractivity contribution is 6.31. The molecule has 2 rings (SSSR count). The van der Waals surface area contributed by atoms with E-state index in [1.54, 1.807) is 32.0 Å². The van der Waals surface area contributed by atoms with Crippen molar-refractivity contribution in [2.45, 2.75) is 13.8 Å². The van der Waals surface area contributed by atoms with Crippen LogP contribution < -0.4 is 10.6 Å². The molecular weight excluding hydrogens is 284 g/mol. The predicted molar refractivity (Wildman–Crippen MR) is 77.8 cm³/mol. The Bertz CT molecular complexity index is 632. The fourth-order valence-corrected chi connectivity index (χ4v) is 1.89. The summed E-state index contributed by atoms with van der Waals surface area (Å²) < 4.78 is 27.2. The first-order valence-electron chi connectivity index (χ1n) is 6.15. The van der Waals surface area contributed by atoms with E-state index in [1.165, 1.54) is 0 Å². The molecule has 0 saturated heterocycles. The lowest BCUT2D eigenvalue weighted by molar-refractivity contribution is 0.579. The van der Waals surface area contributed by atoms with Crippen LogP contribution in [0.25, 0.3) is 0 Å². The summed E-state index contributed by atoms with van der Waals surface area (Å²) in [6.07, 6.45) is 0. The van der Waals surface area contributed by atoms with Crippen molar-refractivity contribution in [1.82, 2.24) is 4.98 Å². The van der Waals surface area contributed by atoms with Gasteiger partial charge in [0.2, 0.25) is 0 Å². The summed E-state index contributed by atoms with van der Waals surface area (Å²) in [5.41, 5.74) is 1.39. The van der Waals surface area contributed by atoms with E-state index in [2.05, 4.69) is 15.6 Å². The normalized spacial score (nSPS) is 10.4. The standard InChI is InChI=1S/C14H14ClF2N3/c1-3-18-13-10(16)7-11(17)14(20-13)19-12-6-4-5-9(15)8(12)2/h4-7H,3H2,1-2H3,(H2,18,19,20). The van der Waals surface area contributed by atoms with Gasteiger partial charge in [-0.1, -0.05) is 17.7 Å². The van der Waals surface area contributed by atoms with Gasteiger partial charge in [0.25, 0.3) is 0 Å². The molecule has 3 nitrogen and oxygen atoms in total. The average molecular weight is 298 g/mol. The van der Waals surface area contributed by atoms with E-state index in [-0.39, 0.29) is 11.6 Å². The molecule has 2 N–H and O–H groups in total. The molecule has 0 amide bonds. The lowest BCUT2D eigenvalue weighted by Gasteiger charge is -2.12. The maximum absolute atomic E-state index is 13.8. The highest BCUT2D eigenvalue weighted by Crippen LogP contribution is 2.27. The Labute approximate surface area is 121 Å². The van der Waals surface area contributed by atoms with Crippen LogP contribution in [0.2, 0.25) is 5.02 Å². The zero-order valence-electron chi connectivity index (χ0n) is 11.1. The number of hydrogen-bond acceptors (Lipinski definition) is 3. The number of halogens is 3. The van der Waals surface area contributed by atoms with Gasteiger partial charge in [0, 0.05) is 23.3 Å². The van der Waals surface area contributed by atoms with Crippen LogP contribution in [0.4, 0.5) is 26.1 Å². The summed E-state index contributed by atoms with van der Waals surface area (Å²) in [5.74, 6) is -1.52. The lowest BCUT2D eigenvalue weighted by Crippen LogP contribution is -2.06. The topological polar surface area (TPSA) is 37.0 Å². The van der Waals surface area contributed by atoms with Crippen molar-refractivity contribution in [3.63, 3.8) is 0 Å². The van der Waals surface area contributed by atoms with Crippen LogP contribution in [0.3, 0.4) is 0 Å². The molecule has 1 aromatic heterocycles. The van der Waals surface area contributed by atoms with Gasteiger partial charge in [0.1, 0.15) is 0 Å². The third-order valence-electron chi connectivity index (χ3n) is 2.79. The molecule has 0 aliphatic carbocycles. The number of nitrogens with one attached hydrogen (secondary N) is 2. The fourth-order valence-electron chi connectivity index (χ4n) is 1.72. The van der Waals surface area contributed by atoms with E-state index in [1.807, 2.05) is 0 Å². The van der Waals surface area contributed by atoms with E-state index in [9.17, 15) is 8.78 Å². The molecule has 1 heterocycles. The van der Waals surface area contributed by atoms with Gasteiger partial charge in [0.05, 0.1) is 0 Å². The first-order valence-corrected chi connectivity index (χ1v) is 6.52. The van der Waals surface area contributed by atoms with Crippen molar-refractivity contribution in [3.05, 3.63) is 46.5 Å². The van der Waals surface area contributed by atoms with Gasteiger partial charge in [-0.3, -0.25) is 0 Å². The lowest BCUT2D eigenvalue weighted by atomic mass is 10.2. The Balaban J connectivity index is 2.38. The highest BCUT2D eigenvalue weighted by atomic mass is 35.5. The van der Waals surface area contributed by atoms with E-state index in [0.717, 1.165) is 11.6 Å². The van der Waals surface area contributed by atoms with Gasteiger partial charge >= 0.3 is 0 Å². The third kappa shape index (κ3) is 2.99. The molecule has 0 bridgehead atoms. The molecular formula is C14H14ClF2N3. The number of aromatic nitrogens is 1. The molecule has 0 unspecified atom stereocenters. The Morgan fingerprint density at radius 2 is 1.90 bits per heavy atom. The molecule has 2 aromatic rings. The Morgan fingerprint density at radius 3 is 2.60 bits per heavy atom. The molecule has 0 saturated carbocycles. The van der Waals surface area contributed by atoms with Crippen molar-refractivity contribution in [3.8, 4) is 0 Å². The second kappa shape index (κ2) is 6.05. The van der Waals surface area contributed by atoms with Gasteiger partial charge in [-0.15, -0.1) is 0 Å². The molecule has 0 radical (unpaired) electrons. The summed E-state index contributed by atoms with van der Waals surface area (Å²) in [6.45, 7) is 4.10. The Kier molecular flexibility index (Phi) is 4.39. The maximum Gasteiger partial charge on any atom is 0.169 e. The Morgan fingerprint density at radius 1 is 1.20 bits per heavy atom. The van der Waals surface area contributed by atoms with Crippen molar-refractivity contribution in [2.75, 3.05) is 17.2 Å². The SMILES string of the molecule is CCNc1nc(Nc2cccc(Cl)c2C)c(F)cc1F. The number of nitrogens with zero attached hydrogens (tertiary/aromatic N) is 1. The minimum atomic E-state index is -0.761. The first kappa shape index (κ1) is 14.5. The average Bonchev–Trinajstić information content (AvgIpc) is 2.40. The maximum atomic E-state index is 13.8. The summed E-state index contributed by atoms with van der Waals surface area (Å²) >= 11 is 6.00. The highest BCUT2D eigenvalue weighted by Gasteiger charge is 2.12. The molecule has 106 valence electrons. The second-order valence-corrected chi connectivity index (χ2v) is 4.62. The number of hydrogen-bond donors (Lipinski definition) is 2. The number of pyridine rings is 1. The summed E-state index contributed by atoms with van der Waals surface area (Å²) in [5, 5.41) is 6.13. The van der Waals surface area contributed by atoms with Crippen LogP contribution in [0.1, 0.15) is 12.5 Å². The second-order valence-electron chi connectivity index (χ2n) is 4.22. The number of rotatable bonds is 4. The van der Waals surface area contributed by atoms with Gasteiger partial charge in [0.15, 0.2) is 23.3 Å². The zero-order valence-corrected chi connectivity index (χ0v) is 11.9. The summed E-state index contributed by atoms with van der Waals surface area (Å²) in [4.78, 5) is 3.91. The van der Waals surface area contributed by atoms with Crippen molar-refractivity contribution in [2.24, 2.45) is 0 Å². The van der Waals surface area contributed by atoms with E-state index in [4.69, 9.17) is 11.6 Å². The minimum Gasteiger partial charge on any atom is -0.368 e. The first-order chi connectivity index (χ1) is 9.52. The molecule has 0 atom stereocenters. The van der Waals surface area contributed by atoms with Gasteiger partial charge in [-0.2, -0.15) is 0 Å². The van der Waals surface area contributed by atoms with Gasteiger partial charge in [-0.25, -0.2) is 13.8 Å². The molecule has 1 aromatic carbocycles. The van der Waals surface area contributed by atoms with Gasteiger partial charge < -0.3 is 10.6 Å². The molecule has 0 fully saturated rings. The Hall–Kier alpha value is -1.88. The predicted octanol–water partition coefficient (Wildman–Crippen LogP) is 4.50. The van der Waals surface area contributed by atoms with Crippen LogP contribution in [-0.4, -0.2) is 11.5 Å². The summed E-state index contributed by atoms with van der Waals surface area (Å²) in [7, 11) is 0. The van der Waals surface area contributed by atoms with Crippen molar-refractivity contribution in [1.29, 1.82) is 0 Å². The van der Waals surface area contributed by atoms with Crippen LogP contribution in [0, 0.1) is 18.6 Å². The molecule has 0 aliphatic heterocycles. The fraction of sp³-hybridized carbons (Fsp3) is 0.214. The smallest absolute Gasteiger partial charge is 0.169 e. The molecule has 0 aliphatic rings. The molecule has 0 spiro atoms. The molecule has 6 heteroatoms. The minimum absolute atomic E-state index is 0.0103. The van der Waals surface area contributed by atoms with Gasteiger partial charge in [-0.05, 0) is 31.5 Å². The van der Waals surface area contributed by atoms with Crippen molar-refractivity contribution >= 4 is 28.9 Å². The van der Waals surface area contributed by atoms with Crippen LogP contribution >= 0.6 is 11.6 Å².